The van der Waals surface area contributed by atoms with Crippen molar-refractivity contribution in [1.29, 1.82) is 0 Å². The summed E-state index contributed by atoms with van der Waals surface area (Å²) in [5, 5.41) is 0. The number of carbonyl (C=O) groups excluding carboxylic acids is 6. The predicted molar refractivity (Wildman–Crippen MR) is 141 cm³/mol. The second kappa shape index (κ2) is 14.2. The molecule has 0 saturated heterocycles. The predicted octanol–water partition coefficient (Wildman–Crippen LogP) is 3.04. The largest absolute Gasteiger partial charge is 0.458 e. The van der Waals surface area contributed by atoms with Gasteiger partial charge in [0.05, 0.1) is 33.4 Å². The Balaban J connectivity index is 1.47. The molecule has 0 spiro atoms. The van der Waals surface area contributed by atoms with Crippen LogP contribution in [0.2, 0.25) is 0 Å². The zero-order valence-corrected chi connectivity index (χ0v) is 22.1. The van der Waals surface area contributed by atoms with Crippen LogP contribution in [0.25, 0.3) is 0 Å². The third-order valence-electron chi connectivity index (χ3n) is 5.65. The Hall–Kier alpha value is -5.52. The highest BCUT2D eigenvalue weighted by molar-refractivity contribution is 5.97. The summed E-state index contributed by atoms with van der Waals surface area (Å²) in [6, 6.07) is 16.8. The molecule has 0 fully saturated rings. The van der Waals surface area contributed by atoms with Gasteiger partial charge in [-0.1, -0.05) is 18.2 Å². The van der Waals surface area contributed by atoms with E-state index < -0.39 is 35.8 Å². The molecule has 12 nitrogen and oxygen atoms in total. The third kappa shape index (κ3) is 8.01. The highest BCUT2D eigenvalue weighted by atomic mass is 16.6. The Bertz CT molecular complexity index is 1230. The molecule has 6 bridgehead atoms. The third-order valence-corrected chi connectivity index (χ3v) is 5.65. The molecule has 3 aromatic carbocycles. The van der Waals surface area contributed by atoms with Gasteiger partial charge in [-0.2, -0.15) is 0 Å². The lowest BCUT2D eigenvalue weighted by Crippen LogP contribution is -2.16. The summed E-state index contributed by atoms with van der Waals surface area (Å²) in [6.45, 7) is -1.62. The molecule has 4 rings (SSSR count). The average Bonchev–Trinajstić information content (AvgIpc) is 3.02. The van der Waals surface area contributed by atoms with E-state index in [1.807, 2.05) is 0 Å². The van der Waals surface area contributed by atoms with Crippen LogP contribution in [0.4, 0.5) is 0 Å². The van der Waals surface area contributed by atoms with Crippen LogP contribution >= 0.6 is 0 Å². The minimum absolute atomic E-state index is 0.0594. The molecule has 0 atom stereocenters. The maximum atomic E-state index is 12.4. The number of fused-ring (bicyclic) bond motifs is 6. The number of hydrogen-bond donors (Lipinski definition) is 0. The Morgan fingerprint density at radius 1 is 0.310 bits per heavy atom. The fourth-order valence-electron chi connectivity index (χ4n) is 3.63. The second-order valence-corrected chi connectivity index (χ2v) is 8.56. The van der Waals surface area contributed by atoms with Crippen molar-refractivity contribution < 1.29 is 57.2 Å². The average molecular weight is 577 g/mol. The summed E-state index contributed by atoms with van der Waals surface area (Å²) < 4.78 is 30.7. The summed E-state index contributed by atoms with van der Waals surface area (Å²) in [6.07, 6.45) is 0. The first-order valence-electron chi connectivity index (χ1n) is 12.6. The maximum absolute atomic E-state index is 12.4. The molecule has 0 radical (unpaired) electrons. The summed E-state index contributed by atoms with van der Waals surface area (Å²) in [4.78, 5) is 74.4. The number of hydrogen-bond acceptors (Lipinski definition) is 12. The van der Waals surface area contributed by atoms with Crippen molar-refractivity contribution in [2.75, 3.05) is 39.6 Å². The van der Waals surface area contributed by atoms with Gasteiger partial charge in [-0.05, 0) is 54.6 Å². The van der Waals surface area contributed by atoms with Crippen molar-refractivity contribution in [3.05, 3.63) is 106 Å². The highest BCUT2D eigenvalue weighted by Gasteiger charge is 2.17. The van der Waals surface area contributed by atoms with Gasteiger partial charge in [0.2, 0.25) is 0 Å². The van der Waals surface area contributed by atoms with Crippen molar-refractivity contribution in [3.63, 3.8) is 0 Å². The number of ether oxygens (including phenoxy) is 6. The molecule has 0 unspecified atom stereocenters. The van der Waals surface area contributed by atoms with E-state index in [1.165, 1.54) is 72.8 Å². The van der Waals surface area contributed by atoms with Gasteiger partial charge in [0.15, 0.2) is 0 Å². The molecule has 42 heavy (non-hydrogen) atoms. The van der Waals surface area contributed by atoms with Gasteiger partial charge < -0.3 is 28.4 Å². The van der Waals surface area contributed by atoms with Crippen LogP contribution in [0, 0.1) is 0 Å². The fourth-order valence-corrected chi connectivity index (χ4v) is 3.63. The van der Waals surface area contributed by atoms with Crippen LogP contribution in [0.5, 0.6) is 0 Å². The topological polar surface area (TPSA) is 158 Å². The molecule has 3 aromatic rings. The zero-order valence-electron chi connectivity index (χ0n) is 22.1. The number of cyclic esters (lactones) is 6. The second-order valence-electron chi connectivity index (χ2n) is 8.56. The summed E-state index contributed by atoms with van der Waals surface area (Å²) in [5.41, 5.74) is 0.357. The fraction of sp³-hybridized carbons (Fsp3) is 0.200. The lowest BCUT2D eigenvalue weighted by molar-refractivity contribution is 0.0260. The molecule has 0 aliphatic carbocycles. The van der Waals surface area contributed by atoms with E-state index in [0.717, 1.165) is 0 Å². The van der Waals surface area contributed by atoms with Crippen LogP contribution in [-0.4, -0.2) is 75.5 Å². The Morgan fingerprint density at radius 2 is 0.476 bits per heavy atom. The van der Waals surface area contributed by atoms with Crippen LogP contribution in [0.1, 0.15) is 62.1 Å². The number of esters is 6. The summed E-state index contributed by atoms with van der Waals surface area (Å²) in [5.74, 6) is -4.58. The monoisotopic (exact) mass is 576 g/mol. The quantitative estimate of drug-likeness (QED) is 0.285. The van der Waals surface area contributed by atoms with Gasteiger partial charge in [0.1, 0.15) is 39.6 Å². The lowest BCUT2D eigenvalue weighted by atomic mass is 10.1. The first-order valence-corrected chi connectivity index (χ1v) is 12.6. The number of benzene rings is 3. The van der Waals surface area contributed by atoms with Crippen molar-refractivity contribution in [3.8, 4) is 0 Å². The van der Waals surface area contributed by atoms with Gasteiger partial charge in [-0.25, -0.2) is 28.8 Å². The Kier molecular flexibility index (Phi) is 9.97. The first kappa shape index (κ1) is 29.5. The zero-order chi connectivity index (χ0) is 29.9. The van der Waals surface area contributed by atoms with E-state index in [2.05, 4.69) is 0 Å². The van der Waals surface area contributed by atoms with E-state index in [0.29, 0.717) is 0 Å². The van der Waals surface area contributed by atoms with E-state index in [-0.39, 0.29) is 73.0 Å². The highest BCUT2D eigenvalue weighted by Crippen LogP contribution is 2.12. The molecular weight excluding hydrogens is 552 g/mol. The summed E-state index contributed by atoms with van der Waals surface area (Å²) in [7, 11) is 0. The van der Waals surface area contributed by atoms with Crippen LogP contribution in [0.3, 0.4) is 0 Å². The minimum atomic E-state index is -0.763. The number of rotatable bonds is 0. The molecular formula is C30H24O12. The first-order chi connectivity index (χ1) is 20.3. The molecule has 12 heteroatoms. The summed E-state index contributed by atoms with van der Waals surface area (Å²) >= 11 is 0. The smallest absolute Gasteiger partial charge is 0.338 e. The molecule has 1 aliphatic rings. The van der Waals surface area contributed by atoms with Crippen molar-refractivity contribution >= 4 is 35.8 Å². The molecule has 216 valence electrons. The Labute approximate surface area is 239 Å². The van der Waals surface area contributed by atoms with Gasteiger partial charge >= 0.3 is 35.8 Å². The van der Waals surface area contributed by atoms with Gasteiger partial charge in [-0.3, -0.25) is 0 Å². The SMILES string of the molecule is O=C1OCCOC(=O)c2cccc(c2)C(=O)OCCOC(=O)c2cccc(c2)C(=O)OCCOC(=O)c2cccc1c2. The molecule has 0 amide bonds. The van der Waals surface area contributed by atoms with Crippen molar-refractivity contribution in [2.24, 2.45) is 0 Å². The van der Waals surface area contributed by atoms with Crippen LogP contribution in [-0.2, 0) is 28.4 Å². The molecule has 0 N–H and O–H groups in total. The molecule has 1 aliphatic heterocycles. The standard InChI is InChI=1S/C30H24O12/c31-25-19-4-1-5-20(16-19)26(32)38-11-13-40-28(34)22-7-3-9-24(18-22)30(36)42-15-14-41-29(35)23-8-2-6-21(17-23)27(33)39-12-10-37-25/h1-9,16-18H,10-15H2. The van der Waals surface area contributed by atoms with E-state index in [4.69, 9.17) is 28.4 Å². The van der Waals surface area contributed by atoms with E-state index >= 15 is 0 Å². The molecule has 0 saturated carbocycles. The van der Waals surface area contributed by atoms with E-state index in [9.17, 15) is 28.8 Å². The molecule has 1 heterocycles. The van der Waals surface area contributed by atoms with Crippen molar-refractivity contribution in [2.45, 2.75) is 0 Å². The van der Waals surface area contributed by atoms with Gasteiger partial charge in [-0.15, -0.1) is 0 Å². The minimum Gasteiger partial charge on any atom is -0.458 e. The van der Waals surface area contributed by atoms with Gasteiger partial charge in [0, 0.05) is 0 Å². The number of carbonyl (C=O) groups is 6. The van der Waals surface area contributed by atoms with Crippen LogP contribution < -0.4 is 0 Å². The maximum Gasteiger partial charge on any atom is 0.338 e. The molecule has 0 aromatic heterocycles. The van der Waals surface area contributed by atoms with Crippen LogP contribution in [0.15, 0.2) is 72.8 Å². The Morgan fingerprint density at radius 3 is 0.643 bits per heavy atom. The van der Waals surface area contributed by atoms with E-state index in [1.54, 1.807) is 0 Å². The normalized spacial score (nSPS) is 16.0. The van der Waals surface area contributed by atoms with Crippen molar-refractivity contribution in [1.82, 2.24) is 0 Å². The van der Waals surface area contributed by atoms with Gasteiger partial charge in [0.25, 0.3) is 0 Å². The lowest BCUT2D eigenvalue weighted by Gasteiger charge is -2.09.